The molecule has 5 nitrogen and oxygen atoms in total. The third-order valence-corrected chi connectivity index (χ3v) is 3.71. The molecule has 1 atom stereocenters. The van der Waals surface area contributed by atoms with Gasteiger partial charge < -0.3 is 9.42 Å². The first kappa shape index (κ1) is 12.2. The van der Waals surface area contributed by atoms with Crippen LogP contribution in [0.3, 0.4) is 0 Å². The van der Waals surface area contributed by atoms with Crippen LogP contribution in [0.1, 0.15) is 19.0 Å². The Balaban J connectivity index is 1.85. The molecule has 1 aromatic rings. The summed E-state index contributed by atoms with van der Waals surface area (Å²) in [5.41, 5.74) is 0.762. The first-order valence-electron chi connectivity index (χ1n) is 5.45. The van der Waals surface area contributed by atoms with Crippen LogP contribution < -0.4 is 0 Å². The summed E-state index contributed by atoms with van der Waals surface area (Å²) in [6, 6.07) is 1.75. The fourth-order valence-corrected chi connectivity index (χ4v) is 2.56. The lowest BCUT2D eigenvalue weighted by atomic mass is 10.1. The average Bonchev–Trinajstić information content (AvgIpc) is 2.87. The van der Waals surface area contributed by atoms with Gasteiger partial charge in [0, 0.05) is 31.7 Å². The van der Waals surface area contributed by atoms with Gasteiger partial charge in [0.05, 0.1) is 6.54 Å². The number of carbonyl (C=O) groups excluding carboxylic acids is 2. The van der Waals surface area contributed by atoms with Crippen molar-refractivity contribution < 1.29 is 14.1 Å². The van der Waals surface area contributed by atoms with Crippen molar-refractivity contribution >= 4 is 22.8 Å². The Morgan fingerprint density at radius 1 is 1.71 bits per heavy atom. The molecule has 0 N–H and O–H groups in total. The fourth-order valence-electron chi connectivity index (χ4n) is 1.87. The van der Waals surface area contributed by atoms with Crippen LogP contribution in [0.4, 0.5) is 0 Å². The van der Waals surface area contributed by atoms with E-state index in [0.717, 1.165) is 11.4 Å². The molecular weight excluding hydrogens is 240 g/mol. The van der Waals surface area contributed by atoms with Crippen molar-refractivity contribution in [2.45, 2.75) is 19.9 Å². The predicted octanol–water partition coefficient (Wildman–Crippen LogP) is 1.30. The zero-order chi connectivity index (χ0) is 12.3. The summed E-state index contributed by atoms with van der Waals surface area (Å²) in [6.07, 6.45) is 2.02. The monoisotopic (exact) mass is 254 g/mol. The first-order valence-corrected chi connectivity index (χ1v) is 6.44. The molecule has 0 saturated carbocycles. The molecule has 1 aromatic heterocycles. The van der Waals surface area contributed by atoms with Crippen LogP contribution in [0.25, 0.3) is 0 Å². The minimum Gasteiger partial charge on any atom is -0.364 e. The second-order valence-electron chi connectivity index (χ2n) is 4.14. The van der Waals surface area contributed by atoms with Gasteiger partial charge in [-0.05, 0) is 5.92 Å². The van der Waals surface area contributed by atoms with Crippen molar-refractivity contribution in [2.75, 3.05) is 12.3 Å². The van der Waals surface area contributed by atoms with Crippen LogP contribution in [-0.2, 0) is 16.1 Å². The summed E-state index contributed by atoms with van der Waals surface area (Å²) < 4.78 is 4.73. The molecular formula is C11H14N2O3S. The molecule has 17 heavy (non-hydrogen) atoms. The molecule has 0 spiro atoms. The summed E-state index contributed by atoms with van der Waals surface area (Å²) in [4.78, 5) is 24.4. The van der Waals surface area contributed by atoms with Crippen molar-refractivity contribution in [3.05, 3.63) is 18.0 Å². The zero-order valence-corrected chi connectivity index (χ0v) is 10.4. The minimum atomic E-state index is 0.104. The van der Waals surface area contributed by atoms with E-state index >= 15 is 0 Å². The number of hydrogen-bond acceptors (Lipinski definition) is 5. The molecule has 2 rings (SSSR count). The molecule has 1 fully saturated rings. The Labute approximate surface area is 104 Å². The Morgan fingerprint density at radius 3 is 3.18 bits per heavy atom. The average molecular weight is 254 g/mol. The molecule has 0 bridgehead atoms. The highest BCUT2D eigenvalue weighted by molar-refractivity contribution is 8.13. The van der Waals surface area contributed by atoms with E-state index in [1.165, 1.54) is 18.0 Å². The van der Waals surface area contributed by atoms with E-state index in [1.54, 1.807) is 17.9 Å². The van der Waals surface area contributed by atoms with Crippen LogP contribution in [0, 0.1) is 5.92 Å². The van der Waals surface area contributed by atoms with Crippen LogP contribution >= 0.6 is 11.8 Å². The van der Waals surface area contributed by atoms with Gasteiger partial charge in [0.1, 0.15) is 12.0 Å². The second kappa shape index (κ2) is 5.35. The van der Waals surface area contributed by atoms with Gasteiger partial charge in [0.15, 0.2) is 5.12 Å². The molecule has 1 unspecified atom stereocenters. The summed E-state index contributed by atoms with van der Waals surface area (Å²) in [7, 11) is 0. The number of nitrogens with zero attached hydrogens (tertiary/aromatic N) is 2. The summed E-state index contributed by atoms with van der Waals surface area (Å²) >= 11 is 1.29. The maximum absolute atomic E-state index is 11.7. The van der Waals surface area contributed by atoms with Crippen molar-refractivity contribution in [3.63, 3.8) is 0 Å². The van der Waals surface area contributed by atoms with Gasteiger partial charge >= 0.3 is 0 Å². The van der Waals surface area contributed by atoms with Crippen LogP contribution in [0.15, 0.2) is 16.9 Å². The van der Waals surface area contributed by atoms with E-state index in [2.05, 4.69) is 5.16 Å². The molecule has 6 heteroatoms. The quantitative estimate of drug-likeness (QED) is 0.810. The maximum Gasteiger partial charge on any atom is 0.223 e. The number of hydrogen-bond donors (Lipinski definition) is 0. The number of aromatic nitrogens is 1. The van der Waals surface area contributed by atoms with E-state index in [-0.39, 0.29) is 16.9 Å². The summed E-state index contributed by atoms with van der Waals surface area (Å²) in [5.74, 6) is 1.11. The second-order valence-corrected chi connectivity index (χ2v) is 5.33. The number of likely N-dealkylation sites (tertiary alicyclic amines) is 1. The largest absolute Gasteiger partial charge is 0.364 e. The molecule has 1 saturated heterocycles. The Kier molecular flexibility index (Phi) is 3.83. The molecule has 0 aromatic carbocycles. The van der Waals surface area contributed by atoms with Gasteiger partial charge in [-0.3, -0.25) is 9.59 Å². The molecule has 1 aliphatic heterocycles. The molecule has 0 aliphatic carbocycles. The lowest BCUT2D eigenvalue weighted by Crippen LogP contribution is -2.25. The fraction of sp³-hybridized carbons (Fsp3) is 0.545. The van der Waals surface area contributed by atoms with E-state index in [4.69, 9.17) is 4.52 Å². The van der Waals surface area contributed by atoms with Crippen LogP contribution in [0.5, 0.6) is 0 Å². The number of rotatable bonds is 4. The third-order valence-electron chi connectivity index (χ3n) is 2.66. The minimum absolute atomic E-state index is 0.104. The normalized spacial score (nSPS) is 19.9. The highest BCUT2D eigenvalue weighted by atomic mass is 32.2. The standard InChI is InChI=1S/C11H14N2O3S/c1-8(14)17-7-9-4-11(15)13(5-9)6-10-2-3-16-12-10/h2-3,9H,4-7H2,1H3. The Morgan fingerprint density at radius 2 is 2.53 bits per heavy atom. The van der Waals surface area contributed by atoms with Crippen LogP contribution in [0.2, 0.25) is 0 Å². The maximum atomic E-state index is 11.7. The summed E-state index contributed by atoms with van der Waals surface area (Å²) in [6.45, 7) is 2.75. The van der Waals surface area contributed by atoms with Crippen molar-refractivity contribution in [1.82, 2.24) is 10.1 Å². The third kappa shape index (κ3) is 3.33. The van der Waals surface area contributed by atoms with Gasteiger partial charge in [0.2, 0.25) is 5.91 Å². The highest BCUT2D eigenvalue weighted by Crippen LogP contribution is 2.23. The Bertz CT molecular complexity index is 405. The van der Waals surface area contributed by atoms with E-state index in [0.29, 0.717) is 19.5 Å². The van der Waals surface area contributed by atoms with E-state index < -0.39 is 0 Å². The molecule has 1 aliphatic rings. The van der Waals surface area contributed by atoms with E-state index in [1.807, 2.05) is 0 Å². The highest BCUT2D eigenvalue weighted by Gasteiger charge is 2.30. The lowest BCUT2D eigenvalue weighted by Gasteiger charge is -2.14. The SMILES string of the molecule is CC(=O)SCC1CC(=O)N(Cc2ccon2)C1. The lowest BCUT2D eigenvalue weighted by molar-refractivity contribution is -0.128. The van der Waals surface area contributed by atoms with Gasteiger partial charge in [-0.25, -0.2) is 0 Å². The topological polar surface area (TPSA) is 63.4 Å². The summed E-state index contributed by atoms with van der Waals surface area (Å²) in [5, 5.41) is 3.89. The molecule has 2 heterocycles. The van der Waals surface area contributed by atoms with Crippen molar-refractivity contribution in [3.8, 4) is 0 Å². The predicted molar refractivity (Wildman–Crippen MR) is 63.2 cm³/mol. The molecule has 1 amide bonds. The number of carbonyl (C=O) groups is 2. The smallest absolute Gasteiger partial charge is 0.223 e. The van der Waals surface area contributed by atoms with Gasteiger partial charge in [0.25, 0.3) is 0 Å². The van der Waals surface area contributed by atoms with Gasteiger partial charge in [-0.2, -0.15) is 0 Å². The Hall–Kier alpha value is -1.30. The number of amides is 1. The zero-order valence-electron chi connectivity index (χ0n) is 9.59. The van der Waals surface area contributed by atoms with Gasteiger partial charge in [-0.15, -0.1) is 0 Å². The molecule has 92 valence electrons. The first-order chi connectivity index (χ1) is 8.15. The molecule has 0 radical (unpaired) electrons. The van der Waals surface area contributed by atoms with Crippen LogP contribution in [-0.4, -0.2) is 33.4 Å². The van der Waals surface area contributed by atoms with E-state index in [9.17, 15) is 9.59 Å². The van der Waals surface area contributed by atoms with Crippen molar-refractivity contribution in [2.24, 2.45) is 5.92 Å². The number of thioether (sulfide) groups is 1. The van der Waals surface area contributed by atoms with Gasteiger partial charge in [-0.1, -0.05) is 16.9 Å². The van der Waals surface area contributed by atoms with Crippen molar-refractivity contribution in [1.29, 1.82) is 0 Å².